The molecule has 0 bridgehead atoms. The Balaban J connectivity index is 1.95. The monoisotopic (exact) mass is 573 g/mol. The van der Waals surface area contributed by atoms with Gasteiger partial charge in [0.2, 0.25) is 5.91 Å². The van der Waals surface area contributed by atoms with E-state index in [-0.39, 0.29) is 6.42 Å². The van der Waals surface area contributed by atoms with Crippen molar-refractivity contribution in [1.29, 1.82) is 0 Å². The molecule has 0 radical (unpaired) electrons. The van der Waals surface area contributed by atoms with Crippen LogP contribution in [-0.2, 0) is 33.2 Å². The molecule has 0 aromatic carbocycles. The number of ether oxygens (including phenoxy) is 6. The fourth-order valence-electron chi connectivity index (χ4n) is 4.91. The molecule has 3 heterocycles. The van der Waals surface area contributed by atoms with Crippen LogP contribution in [0.5, 0.6) is 0 Å². The van der Waals surface area contributed by atoms with Crippen molar-refractivity contribution in [3.05, 3.63) is 0 Å². The topological polar surface area (TPSA) is 267 Å². The summed E-state index contributed by atoms with van der Waals surface area (Å²) in [4.78, 5) is 11.8. The molecule has 3 aliphatic rings. The van der Waals surface area contributed by atoms with Crippen LogP contribution in [0.4, 0.5) is 0 Å². The molecular formula is C22H39NO16. The summed E-state index contributed by atoms with van der Waals surface area (Å²) in [7, 11) is 1.21. The number of carbonyl (C=O) groups excluding carboxylic acids is 1. The lowest BCUT2D eigenvalue weighted by Crippen LogP contribution is -2.68. The Hall–Kier alpha value is -1.13. The van der Waals surface area contributed by atoms with Crippen molar-refractivity contribution < 1.29 is 79.2 Å². The predicted octanol–water partition coefficient (Wildman–Crippen LogP) is -6.38. The lowest BCUT2D eigenvalue weighted by Gasteiger charge is -2.49. The minimum Gasteiger partial charge on any atom is -0.396 e. The summed E-state index contributed by atoms with van der Waals surface area (Å²) in [5.41, 5.74) is 0. The third-order valence-corrected chi connectivity index (χ3v) is 6.98. The minimum absolute atomic E-state index is 0.0962. The van der Waals surface area contributed by atoms with Crippen LogP contribution >= 0.6 is 0 Å². The molecule has 1 amide bonds. The number of methoxy groups -OCH3 is 1. The summed E-state index contributed by atoms with van der Waals surface area (Å²) >= 11 is 0. The summed E-state index contributed by atoms with van der Waals surface area (Å²) in [5.74, 6) is -0.618. The van der Waals surface area contributed by atoms with Gasteiger partial charge in [-0.25, -0.2) is 0 Å². The number of hydrogen-bond acceptors (Lipinski definition) is 16. The molecule has 3 rings (SSSR count). The maximum atomic E-state index is 11.8. The first-order valence-electron chi connectivity index (χ1n) is 12.5. The fraction of sp³-hybridized carbons (Fsp3) is 0.955. The molecule has 0 saturated carbocycles. The molecule has 17 heteroatoms. The van der Waals surface area contributed by atoms with Gasteiger partial charge in [-0.2, -0.15) is 0 Å². The zero-order valence-electron chi connectivity index (χ0n) is 21.4. The normalized spacial score (nSPS) is 47.1. The molecule has 3 aliphatic heterocycles. The van der Waals surface area contributed by atoms with Gasteiger partial charge in [-0.3, -0.25) is 4.79 Å². The Kier molecular flexibility index (Phi) is 11.8. The van der Waals surface area contributed by atoms with Gasteiger partial charge < -0.3 is 79.7 Å². The maximum Gasteiger partial charge on any atom is 0.217 e. The van der Waals surface area contributed by atoms with E-state index in [1.54, 1.807) is 0 Å². The van der Waals surface area contributed by atoms with E-state index >= 15 is 0 Å². The third-order valence-electron chi connectivity index (χ3n) is 6.98. The number of rotatable bonds is 10. The van der Waals surface area contributed by atoms with Gasteiger partial charge in [0.05, 0.1) is 19.3 Å². The van der Waals surface area contributed by atoms with Crippen LogP contribution in [0.3, 0.4) is 0 Å². The lowest BCUT2D eigenvalue weighted by molar-refractivity contribution is -0.382. The Morgan fingerprint density at radius 1 is 0.718 bits per heavy atom. The molecule has 0 aliphatic carbocycles. The van der Waals surface area contributed by atoms with Gasteiger partial charge in [0.15, 0.2) is 18.9 Å². The summed E-state index contributed by atoms with van der Waals surface area (Å²) in [6, 6.07) is -1.37. The van der Waals surface area contributed by atoms with E-state index in [4.69, 9.17) is 28.4 Å². The molecule has 228 valence electrons. The summed E-state index contributed by atoms with van der Waals surface area (Å²) in [6.45, 7) is -0.741. The number of hydrogen-bond donors (Lipinski definition) is 10. The van der Waals surface area contributed by atoms with Crippen molar-refractivity contribution in [3.63, 3.8) is 0 Å². The van der Waals surface area contributed by atoms with Crippen LogP contribution in [-0.4, -0.2) is 171 Å². The molecular weight excluding hydrogens is 534 g/mol. The van der Waals surface area contributed by atoms with Gasteiger partial charge in [-0.1, -0.05) is 0 Å². The van der Waals surface area contributed by atoms with E-state index < -0.39 is 118 Å². The van der Waals surface area contributed by atoms with Crippen LogP contribution in [0.15, 0.2) is 0 Å². The van der Waals surface area contributed by atoms with Crippen molar-refractivity contribution in [2.75, 3.05) is 26.9 Å². The molecule has 0 unspecified atom stereocenters. The molecule has 0 aromatic heterocycles. The minimum atomic E-state index is -1.84. The van der Waals surface area contributed by atoms with E-state index in [1.165, 1.54) is 7.11 Å². The molecule has 15 atom stereocenters. The van der Waals surface area contributed by atoms with E-state index in [0.717, 1.165) is 6.92 Å². The first-order valence-corrected chi connectivity index (χ1v) is 12.5. The van der Waals surface area contributed by atoms with Crippen molar-refractivity contribution in [2.24, 2.45) is 0 Å². The molecule has 10 N–H and O–H groups in total. The number of amides is 1. The zero-order valence-corrected chi connectivity index (χ0v) is 21.4. The predicted molar refractivity (Wildman–Crippen MR) is 122 cm³/mol. The Labute approximate surface area is 223 Å². The van der Waals surface area contributed by atoms with Crippen LogP contribution in [0.2, 0.25) is 0 Å². The highest BCUT2D eigenvalue weighted by Gasteiger charge is 2.54. The van der Waals surface area contributed by atoms with Crippen molar-refractivity contribution >= 4 is 5.91 Å². The van der Waals surface area contributed by atoms with Crippen LogP contribution < -0.4 is 5.32 Å². The average molecular weight is 574 g/mol. The van der Waals surface area contributed by atoms with Gasteiger partial charge >= 0.3 is 0 Å². The molecule has 39 heavy (non-hydrogen) atoms. The lowest BCUT2D eigenvalue weighted by atomic mass is 9.94. The highest BCUT2D eigenvalue weighted by molar-refractivity contribution is 5.73. The van der Waals surface area contributed by atoms with Gasteiger partial charge in [0, 0.05) is 20.6 Å². The Morgan fingerprint density at radius 2 is 1.28 bits per heavy atom. The second-order valence-corrected chi connectivity index (χ2v) is 9.61. The van der Waals surface area contributed by atoms with Gasteiger partial charge in [0.1, 0.15) is 67.1 Å². The summed E-state index contributed by atoms with van der Waals surface area (Å²) in [5, 5.41) is 93.8. The fourth-order valence-corrected chi connectivity index (χ4v) is 4.91. The molecule has 3 saturated heterocycles. The van der Waals surface area contributed by atoms with Gasteiger partial charge in [0.25, 0.3) is 0 Å². The molecule has 0 spiro atoms. The SMILES string of the molecule is CO[C@@H]1[C@H](O)[C@@H](CCO)O[C@H](O[C@H]2[C@H](O)[C@@H](CO)O[C@@H](O)[C@@H]2NC(C)=O)[C@H]1O[C@H]1O[C@H](CO)[C@H](O)[C@H](O)[C@H]1O. The summed E-state index contributed by atoms with van der Waals surface area (Å²) < 4.78 is 33.6. The average Bonchev–Trinajstić information content (AvgIpc) is 2.90. The Morgan fingerprint density at radius 3 is 1.85 bits per heavy atom. The smallest absolute Gasteiger partial charge is 0.217 e. The largest absolute Gasteiger partial charge is 0.396 e. The molecule has 17 nitrogen and oxygen atoms in total. The third kappa shape index (κ3) is 7.03. The first-order chi connectivity index (χ1) is 18.5. The molecule has 0 aromatic rings. The summed E-state index contributed by atoms with van der Waals surface area (Å²) in [6.07, 6.45) is -21.6. The van der Waals surface area contributed by atoms with E-state index in [1.807, 2.05) is 0 Å². The van der Waals surface area contributed by atoms with E-state index in [2.05, 4.69) is 5.32 Å². The van der Waals surface area contributed by atoms with Crippen LogP contribution in [0, 0.1) is 0 Å². The maximum absolute atomic E-state index is 11.8. The van der Waals surface area contributed by atoms with Crippen molar-refractivity contribution in [2.45, 2.75) is 105 Å². The highest BCUT2D eigenvalue weighted by Crippen LogP contribution is 2.34. The Bertz CT molecular complexity index is 776. The number of carbonyl (C=O) groups is 1. The quantitative estimate of drug-likeness (QED) is 0.116. The van der Waals surface area contributed by atoms with E-state index in [0.29, 0.717) is 0 Å². The molecule has 3 fully saturated rings. The number of aliphatic hydroxyl groups excluding tert-OH is 9. The highest BCUT2D eigenvalue weighted by atomic mass is 16.8. The van der Waals surface area contributed by atoms with Crippen LogP contribution in [0.25, 0.3) is 0 Å². The van der Waals surface area contributed by atoms with Gasteiger partial charge in [-0.15, -0.1) is 0 Å². The number of nitrogens with one attached hydrogen (secondary N) is 1. The number of aliphatic hydroxyl groups is 9. The second kappa shape index (κ2) is 14.2. The zero-order chi connectivity index (χ0) is 29.0. The van der Waals surface area contributed by atoms with Crippen LogP contribution in [0.1, 0.15) is 13.3 Å². The first kappa shape index (κ1) is 32.4. The van der Waals surface area contributed by atoms with Crippen molar-refractivity contribution in [1.82, 2.24) is 5.32 Å². The van der Waals surface area contributed by atoms with E-state index in [9.17, 15) is 50.8 Å². The van der Waals surface area contributed by atoms with Gasteiger partial charge in [-0.05, 0) is 6.42 Å². The standard InChI is InChI=1S/C22H39NO16/c1-7(27)23-11-17(14(30)10(6-26)35-20(11)33)38-22-19(18(34-2)13(29)8(36-22)3-4-24)39-21-16(32)15(31)12(28)9(5-25)37-21/h8-22,24-26,28-33H,3-6H2,1-2H3,(H,23,27)/t8-,9-,10-,11-,12+,13-,14-,15+,16-,17-,18-,19+,20-,21-,22-/m1/s1. The van der Waals surface area contributed by atoms with Crippen molar-refractivity contribution in [3.8, 4) is 0 Å². The second-order valence-electron chi connectivity index (χ2n) is 9.61.